The molecule has 23 heavy (non-hydrogen) atoms. The Kier molecular flexibility index (Phi) is 2.77. The third-order valence-corrected chi connectivity index (χ3v) is 4.16. The summed E-state index contributed by atoms with van der Waals surface area (Å²) in [5.74, 6) is -0.966. The molecule has 2 aromatic rings. The quantitative estimate of drug-likeness (QED) is 0.927. The molecule has 1 amide bonds. The summed E-state index contributed by atoms with van der Waals surface area (Å²) in [5.41, 5.74) is 0.313. The van der Waals surface area contributed by atoms with Crippen molar-refractivity contribution in [2.24, 2.45) is 5.92 Å². The predicted molar refractivity (Wildman–Crippen MR) is 86.7 cm³/mol. The lowest BCUT2D eigenvalue weighted by atomic mass is 9.92. The summed E-state index contributed by atoms with van der Waals surface area (Å²) in [6.45, 7) is 1.95. The van der Waals surface area contributed by atoms with Gasteiger partial charge in [0.15, 0.2) is 0 Å². The Labute approximate surface area is 142 Å². The number of carbonyl (C=O) groups excluding carboxylic acids is 1. The molecule has 120 valence electrons. The topological polar surface area (TPSA) is 88.9 Å². The van der Waals surface area contributed by atoms with Crippen LogP contribution in [-0.4, -0.2) is 51.9 Å². The van der Waals surface area contributed by atoms with Gasteiger partial charge in [-0.3, -0.25) is 4.79 Å². The van der Waals surface area contributed by atoms with Gasteiger partial charge in [0, 0.05) is 26.3 Å². The van der Waals surface area contributed by atoms with Gasteiger partial charge in [0.1, 0.15) is 25.5 Å². The van der Waals surface area contributed by atoms with Gasteiger partial charge in [-0.2, -0.15) is 5.26 Å². The van der Waals surface area contributed by atoms with Crippen molar-refractivity contribution in [3.63, 3.8) is 0 Å². The maximum absolute atomic E-state index is 12.4. The fourth-order valence-corrected chi connectivity index (χ4v) is 2.82. The molecule has 1 fully saturated rings. The highest BCUT2D eigenvalue weighted by Crippen LogP contribution is 2.28. The van der Waals surface area contributed by atoms with Crippen LogP contribution in [-0.2, 0) is 4.79 Å². The van der Waals surface area contributed by atoms with Crippen molar-refractivity contribution in [2.75, 3.05) is 25.0 Å². The second kappa shape index (κ2) is 6.24. The summed E-state index contributed by atoms with van der Waals surface area (Å²) >= 11 is 0. The number of nitrogens with zero attached hydrogens (tertiary/aromatic N) is 5. The van der Waals surface area contributed by atoms with Gasteiger partial charge in [0.25, 0.3) is 0 Å². The van der Waals surface area contributed by atoms with Crippen molar-refractivity contribution < 1.29 is 11.6 Å². The van der Waals surface area contributed by atoms with E-state index in [0.29, 0.717) is 17.5 Å². The highest BCUT2D eigenvalue weighted by Gasteiger charge is 2.32. The summed E-state index contributed by atoms with van der Waals surface area (Å²) < 4.78 is 40.1. The number of nitriles is 1. The average molecular weight is 317 g/mol. The zero-order valence-corrected chi connectivity index (χ0v) is 12.9. The molecule has 1 N–H and O–H groups in total. The van der Waals surface area contributed by atoms with E-state index < -0.39 is 18.3 Å². The molecule has 3 rings (SSSR count). The summed E-state index contributed by atoms with van der Waals surface area (Å²) in [6.07, 6.45) is -1.07. The monoisotopic (exact) mass is 317 g/mol. The molecule has 0 saturated carbocycles. The highest BCUT2D eigenvalue weighted by molar-refractivity contribution is 5.87. The number of carbonyl (C=O) groups is 1. The average Bonchev–Trinajstić information content (AvgIpc) is 3.02. The number of nitrogens with one attached hydrogen (secondary N) is 1. The Morgan fingerprint density at radius 1 is 1.74 bits per heavy atom. The number of likely N-dealkylation sites (N-methyl/N-ethyl adjacent to an activating group) is 1. The van der Waals surface area contributed by atoms with Crippen molar-refractivity contribution >= 4 is 22.8 Å². The van der Waals surface area contributed by atoms with Crippen molar-refractivity contribution in [2.45, 2.75) is 25.7 Å². The SMILES string of the molecule is [2H]c1nc(N(C)[C@@]2([2H])CN(C(=O)C([2H])([2H])C#N)CC[C@H]2C)c2c([2H])c[nH]c2n1. The normalized spacial score (nSPS) is 28.1. The Morgan fingerprint density at radius 2 is 2.57 bits per heavy atom. The molecular weight excluding hydrogens is 292 g/mol. The maximum atomic E-state index is 12.4. The lowest BCUT2D eigenvalue weighted by molar-refractivity contribution is -0.131. The van der Waals surface area contributed by atoms with Gasteiger partial charge in [-0.1, -0.05) is 6.92 Å². The van der Waals surface area contributed by atoms with Gasteiger partial charge in [0.2, 0.25) is 5.91 Å². The van der Waals surface area contributed by atoms with E-state index in [-0.39, 0.29) is 37.2 Å². The molecule has 0 unspecified atom stereocenters. The Balaban J connectivity index is 2.02. The van der Waals surface area contributed by atoms with Crippen LogP contribution in [0.2, 0.25) is 0 Å². The van der Waals surface area contributed by atoms with Gasteiger partial charge < -0.3 is 14.8 Å². The summed E-state index contributed by atoms with van der Waals surface area (Å²) in [7, 11) is 1.60. The van der Waals surface area contributed by atoms with Gasteiger partial charge in [-0.05, 0) is 18.4 Å². The first-order valence-electron chi connectivity index (χ1n) is 9.78. The molecule has 0 aromatic carbocycles. The minimum absolute atomic E-state index is 0.123. The number of aromatic amines is 1. The molecule has 0 radical (unpaired) electrons. The predicted octanol–water partition coefficient (Wildman–Crippen LogP) is 1.54. The molecule has 2 atom stereocenters. The first-order chi connectivity index (χ1) is 13.0. The number of rotatable bonds is 3. The number of H-pyrrole nitrogens is 1. The van der Waals surface area contributed by atoms with E-state index in [4.69, 9.17) is 12.1 Å². The largest absolute Gasteiger partial charge is 0.354 e. The van der Waals surface area contributed by atoms with Crippen LogP contribution in [0.1, 0.15) is 26.6 Å². The molecular formula is C16H20N6O. The van der Waals surface area contributed by atoms with Crippen LogP contribution in [0.3, 0.4) is 0 Å². The molecule has 0 spiro atoms. The second-order valence-electron chi connectivity index (χ2n) is 5.51. The van der Waals surface area contributed by atoms with E-state index in [1.54, 1.807) is 7.05 Å². The van der Waals surface area contributed by atoms with Crippen LogP contribution in [0.15, 0.2) is 18.5 Å². The zero-order chi connectivity index (χ0) is 20.9. The fraction of sp³-hybridized carbons (Fsp3) is 0.500. The van der Waals surface area contributed by atoms with Crippen LogP contribution in [0.25, 0.3) is 11.0 Å². The van der Waals surface area contributed by atoms with Crippen molar-refractivity contribution in [1.82, 2.24) is 19.9 Å². The minimum atomic E-state index is -2.66. The number of hydrogen-bond donors (Lipinski definition) is 1. The Morgan fingerprint density at radius 3 is 3.35 bits per heavy atom. The number of amides is 1. The molecule has 1 aliphatic rings. The Bertz CT molecular complexity index is 972. The van der Waals surface area contributed by atoms with Crippen molar-refractivity contribution in [3.8, 4) is 6.07 Å². The molecule has 1 saturated heterocycles. The number of likely N-dealkylation sites (tertiary alicyclic amines) is 1. The molecule has 0 bridgehead atoms. The number of anilines is 1. The van der Waals surface area contributed by atoms with E-state index in [9.17, 15) is 4.79 Å². The number of piperidine rings is 1. The standard InChI is InChI=1S/C16H20N6O/c1-11-5-8-22(14(23)3-6-17)9-13(11)21(2)16-12-4-7-18-15(12)19-10-20-16/h4,7,10-11,13H,3,5,8-9H2,1-2H3,(H,18,19,20)/t11-,13+/m1/s1/i3D2,4D,10D,13D. The molecule has 2 aromatic heterocycles. The van der Waals surface area contributed by atoms with E-state index in [1.165, 1.54) is 22.1 Å². The molecule has 7 heteroatoms. The molecule has 3 heterocycles. The number of aromatic nitrogens is 3. The lowest BCUT2D eigenvalue weighted by Gasteiger charge is -2.42. The number of fused-ring (bicyclic) bond motifs is 1. The van der Waals surface area contributed by atoms with Crippen LogP contribution in [0.4, 0.5) is 5.82 Å². The first kappa shape index (κ1) is 10.2. The van der Waals surface area contributed by atoms with Crippen molar-refractivity contribution in [1.29, 1.82) is 5.26 Å². The van der Waals surface area contributed by atoms with Crippen LogP contribution >= 0.6 is 0 Å². The number of hydrogen-bond acceptors (Lipinski definition) is 5. The molecule has 1 aliphatic heterocycles. The third-order valence-electron chi connectivity index (χ3n) is 4.16. The Hall–Kier alpha value is -2.62. The molecule has 7 nitrogen and oxygen atoms in total. The van der Waals surface area contributed by atoms with E-state index >= 15 is 0 Å². The van der Waals surface area contributed by atoms with E-state index in [0.717, 1.165) is 0 Å². The third kappa shape index (κ3) is 2.84. The summed E-state index contributed by atoms with van der Waals surface area (Å²) in [6, 6.07) is 0.0973. The maximum Gasteiger partial charge on any atom is 0.236 e. The summed E-state index contributed by atoms with van der Waals surface area (Å²) in [5, 5.41) is 9.30. The second-order valence-corrected chi connectivity index (χ2v) is 5.51. The highest BCUT2D eigenvalue weighted by atomic mass is 16.2. The van der Waals surface area contributed by atoms with Crippen LogP contribution < -0.4 is 4.90 Å². The van der Waals surface area contributed by atoms with Crippen LogP contribution in [0, 0.1) is 17.2 Å². The lowest BCUT2D eigenvalue weighted by Crippen LogP contribution is -2.52. The van der Waals surface area contributed by atoms with Gasteiger partial charge in [-0.15, -0.1) is 0 Å². The molecule has 0 aliphatic carbocycles. The van der Waals surface area contributed by atoms with E-state index in [1.807, 2.05) is 6.92 Å². The summed E-state index contributed by atoms with van der Waals surface area (Å²) in [4.78, 5) is 26.0. The minimum Gasteiger partial charge on any atom is -0.354 e. The fourth-order valence-electron chi connectivity index (χ4n) is 2.82. The van der Waals surface area contributed by atoms with Gasteiger partial charge in [-0.25, -0.2) is 9.97 Å². The van der Waals surface area contributed by atoms with E-state index in [2.05, 4.69) is 15.0 Å². The first-order valence-corrected chi connectivity index (χ1v) is 7.28. The van der Waals surface area contributed by atoms with Gasteiger partial charge >= 0.3 is 0 Å². The smallest absolute Gasteiger partial charge is 0.236 e. The zero-order valence-electron chi connectivity index (χ0n) is 17.9. The van der Waals surface area contributed by atoms with Gasteiger partial charge in [0.05, 0.1) is 23.0 Å². The van der Waals surface area contributed by atoms with Crippen molar-refractivity contribution in [3.05, 3.63) is 18.5 Å². The van der Waals surface area contributed by atoms with Crippen LogP contribution in [0.5, 0.6) is 0 Å².